The number of hydrogen-bond donors (Lipinski definition) is 2. The lowest BCUT2D eigenvalue weighted by molar-refractivity contribution is -0.142. The first-order valence-corrected chi connectivity index (χ1v) is 4.86. The number of carboxylic acids is 1. The van der Waals surface area contributed by atoms with E-state index in [2.05, 4.69) is 11.2 Å². The van der Waals surface area contributed by atoms with E-state index in [9.17, 15) is 9.59 Å². The van der Waals surface area contributed by atoms with Crippen molar-refractivity contribution in [2.24, 2.45) is 11.8 Å². The highest BCUT2D eigenvalue weighted by atomic mass is 16.4. The summed E-state index contributed by atoms with van der Waals surface area (Å²) in [5, 5.41) is 11.2. The maximum absolute atomic E-state index is 11.5. The maximum atomic E-state index is 11.5. The molecule has 4 nitrogen and oxygen atoms in total. The molecule has 0 aliphatic carbocycles. The molecule has 0 radical (unpaired) electrons. The van der Waals surface area contributed by atoms with Gasteiger partial charge >= 0.3 is 5.97 Å². The molecule has 0 saturated heterocycles. The summed E-state index contributed by atoms with van der Waals surface area (Å²) in [6.07, 6.45) is 5.02. The lowest BCUT2D eigenvalue weighted by Crippen LogP contribution is -2.43. The van der Waals surface area contributed by atoms with E-state index in [0.29, 0.717) is 0 Å². The molecule has 0 heterocycles. The minimum Gasteiger partial charge on any atom is -0.480 e. The molecule has 1 amide bonds. The lowest BCUT2D eigenvalue weighted by Gasteiger charge is -2.18. The van der Waals surface area contributed by atoms with Crippen molar-refractivity contribution in [3.05, 3.63) is 0 Å². The number of carbonyl (C=O) groups is 2. The van der Waals surface area contributed by atoms with E-state index in [1.54, 1.807) is 6.92 Å². The SMILES string of the molecule is C#CCC(NC(=O)C(C)C(C)C)C(=O)O. The normalized spacial score (nSPS) is 14.1. The van der Waals surface area contributed by atoms with Crippen LogP contribution in [-0.4, -0.2) is 23.0 Å². The fraction of sp³-hybridized carbons (Fsp3) is 0.636. The van der Waals surface area contributed by atoms with Gasteiger partial charge in [-0.1, -0.05) is 20.8 Å². The third-order valence-electron chi connectivity index (χ3n) is 2.35. The van der Waals surface area contributed by atoms with Crippen LogP contribution in [0.15, 0.2) is 0 Å². The van der Waals surface area contributed by atoms with Gasteiger partial charge < -0.3 is 10.4 Å². The molecule has 2 unspecified atom stereocenters. The molecule has 0 aliphatic heterocycles. The van der Waals surface area contributed by atoms with Gasteiger partial charge in [0, 0.05) is 12.3 Å². The van der Waals surface area contributed by atoms with Crippen LogP contribution in [0.2, 0.25) is 0 Å². The average molecular weight is 211 g/mol. The third kappa shape index (κ3) is 4.50. The molecule has 84 valence electrons. The monoisotopic (exact) mass is 211 g/mol. The number of carbonyl (C=O) groups excluding carboxylic acids is 1. The maximum Gasteiger partial charge on any atom is 0.327 e. The quantitative estimate of drug-likeness (QED) is 0.663. The Morgan fingerprint density at radius 2 is 1.93 bits per heavy atom. The highest BCUT2D eigenvalue weighted by Gasteiger charge is 2.23. The van der Waals surface area contributed by atoms with E-state index in [4.69, 9.17) is 11.5 Å². The van der Waals surface area contributed by atoms with Crippen LogP contribution in [0.25, 0.3) is 0 Å². The second-order valence-corrected chi connectivity index (χ2v) is 3.84. The summed E-state index contributed by atoms with van der Waals surface area (Å²) >= 11 is 0. The highest BCUT2D eigenvalue weighted by Crippen LogP contribution is 2.09. The van der Waals surface area contributed by atoms with Gasteiger partial charge in [-0.2, -0.15) is 0 Å². The minimum absolute atomic E-state index is 0.00584. The summed E-state index contributed by atoms with van der Waals surface area (Å²) in [5.41, 5.74) is 0. The van der Waals surface area contributed by atoms with Gasteiger partial charge in [0.05, 0.1) is 0 Å². The van der Waals surface area contributed by atoms with Crippen molar-refractivity contribution >= 4 is 11.9 Å². The number of terminal acetylenes is 1. The summed E-state index contributed by atoms with van der Waals surface area (Å²) in [6, 6.07) is -0.983. The summed E-state index contributed by atoms with van der Waals surface area (Å²) in [7, 11) is 0. The van der Waals surface area contributed by atoms with Crippen LogP contribution < -0.4 is 5.32 Å². The molecule has 2 N–H and O–H groups in total. The lowest BCUT2D eigenvalue weighted by atomic mass is 9.97. The van der Waals surface area contributed by atoms with Gasteiger partial charge in [0.15, 0.2) is 0 Å². The summed E-state index contributed by atoms with van der Waals surface area (Å²) < 4.78 is 0. The van der Waals surface area contributed by atoms with Crippen molar-refractivity contribution in [2.75, 3.05) is 0 Å². The molecule has 0 aromatic rings. The molecular weight excluding hydrogens is 194 g/mol. The van der Waals surface area contributed by atoms with Gasteiger partial charge in [-0.25, -0.2) is 4.79 Å². The van der Waals surface area contributed by atoms with Crippen LogP contribution in [-0.2, 0) is 9.59 Å². The van der Waals surface area contributed by atoms with E-state index < -0.39 is 12.0 Å². The van der Waals surface area contributed by atoms with E-state index in [-0.39, 0.29) is 24.2 Å². The van der Waals surface area contributed by atoms with Gasteiger partial charge in [0.25, 0.3) is 0 Å². The Balaban J connectivity index is 4.36. The number of aliphatic carboxylic acids is 1. The van der Waals surface area contributed by atoms with Gasteiger partial charge in [0.2, 0.25) is 5.91 Å². The van der Waals surface area contributed by atoms with E-state index in [1.165, 1.54) is 0 Å². The highest BCUT2D eigenvalue weighted by molar-refractivity contribution is 5.85. The topological polar surface area (TPSA) is 66.4 Å². The van der Waals surface area contributed by atoms with Crippen LogP contribution in [0.4, 0.5) is 0 Å². The van der Waals surface area contributed by atoms with Crippen molar-refractivity contribution in [3.8, 4) is 12.3 Å². The molecular formula is C11H17NO3. The zero-order valence-corrected chi connectivity index (χ0v) is 9.28. The Hall–Kier alpha value is -1.50. The Labute approximate surface area is 90.1 Å². The van der Waals surface area contributed by atoms with Crippen LogP contribution in [0.1, 0.15) is 27.2 Å². The van der Waals surface area contributed by atoms with Crippen molar-refractivity contribution in [3.63, 3.8) is 0 Å². The standard InChI is InChI=1S/C11H17NO3/c1-5-6-9(11(14)15)12-10(13)8(4)7(2)3/h1,7-9H,6H2,2-4H3,(H,12,13)(H,14,15). The largest absolute Gasteiger partial charge is 0.480 e. The molecule has 15 heavy (non-hydrogen) atoms. The second kappa shape index (κ2) is 6.07. The van der Waals surface area contributed by atoms with Crippen molar-refractivity contribution in [1.29, 1.82) is 0 Å². The fourth-order valence-corrected chi connectivity index (χ4v) is 0.924. The second-order valence-electron chi connectivity index (χ2n) is 3.84. The Morgan fingerprint density at radius 1 is 1.40 bits per heavy atom. The van der Waals surface area contributed by atoms with E-state index >= 15 is 0 Å². The molecule has 0 bridgehead atoms. The zero-order valence-electron chi connectivity index (χ0n) is 9.28. The molecule has 0 aromatic carbocycles. The summed E-state index contributed by atoms with van der Waals surface area (Å²) in [6.45, 7) is 5.57. The number of hydrogen-bond acceptors (Lipinski definition) is 2. The molecule has 0 rings (SSSR count). The molecule has 0 spiro atoms. The van der Waals surface area contributed by atoms with E-state index in [0.717, 1.165) is 0 Å². The third-order valence-corrected chi connectivity index (χ3v) is 2.35. The number of rotatable bonds is 5. The molecule has 0 aromatic heterocycles. The predicted molar refractivity (Wildman–Crippen MR) is 57.0 cm³/mol. The van der Waals surface area contributed by atoms with Crippen molar-refractivity contribution in [2.45, 2.75) is 33.2 Å². The van der Waals surface area contributed by atoms with Crippen LogP contribution in [0.5, 0.6) is 0 Å². The molecule has 0 aliphatic rings. The van der Waals surface area contributed by atoms with Crippen LogP contribution in [0.3, 0.4) is 0 Å². The zero-order chi connectivity index (χ0) is 12.0. The number of nitrogens with one attached hydrogen (secondary N) is 1. The summed E-state index contributed by atoms with van der Waals surface area (Å²) in [5.74, 6) is 0.810. The van der Waals surface area contributed by atoms with Gasteiger partial charge in [-0.3, -0.25) is 4.79 Å². The smallest absolute Gasteiger partial charge is 0.327 e. The predicted octanol–water partition coefficient (Wildman–Crippen LogP) is 0.871. The first-order valence-electron chi connectivity index (χ1n) is 4.86. The van der Waals surface area contributed by atoms with Gasteiger partial charge in [-0.15, -0.1) is 12.3 Å². The number of amides is 1. The van der Waals surface area contributed by atoms with Crippen LogP contribution in [0, 0.1) is 24.2 Å². The first kappa shape index (κ1) is 13.5. The Morgan fingerprint density at radius 3 is 2.27 bits per heavy atom. The summed E-state index contributed by atoms with van der Waals surface area (Å²) in [4.78, 5) is 22.2. The van der Waals surface area contributed by atoms with Crippen molar-refractivity contribution in [1.82, 2.24) is 5.32 Å². The molecule has 4 heteroatoms. The van der Waals surface area contributed by atoms with Crippen LogP contribution >= 0.6 is 0 Å². The average Bonchev–Trinajstić information content (AvgIpc) is 2.15. The van der Waals surface area contributed by atoms with E-state index in [1.807, 2.05) is 13.8 Å². The van der Waals surface area contributed by atoms with Gasteiger partial charge in [-0.05, 0) is 5.92 Å². The molecule has 0 fully saturated rings. The fourth-order valence-electron chi connectivity index (χ4n) is 0.924. The number of carboxylic acid groups (broad SMARTS) is 1. The minimum atomic E-state index is -1.10. The molecule has 2 atom stereocenters. The Kier molecular flexibility index (Phi) is 5.46. The first-order chi connectivity index (χ1) is 6.90. The molecule has 0 saturated carbocycles. The van der Waals surface area contributed by atoms with Gasteiger partial charge in [0.1, 0.15) is 6.04 Å². The Bertz CT molecular complexity index is 278. The van der Waals surface area contributed by atoms with Crippen molar-refractivity contribution < 1.29 is 14.7 Å².